The van der Waals surface area contributed by atoms with Crippen molar-refractivity contribution in [3.05, 3.63) is 79.5 Å². The highest BCUT2D eigenvalue weighted by molar-refractivity contribution is 6.00. The zero-order valence-corrected chi connectivity index (χ0v) is 13.1. The molecular weight excluding hydrogens is 300 g/mol. The normalized spacial score (nSPS) is 24.0. The summed E-state index contributed by atoms with van der Waals surface area (Å²) in [4.78, 5) is 16.2. The molecule has 5 heterocycles. The Hall–Kier alpha value is -2.89. The minimum absolute atomic E-state index is 0.684. The molecule has 6 nitrogen and oxygen atoms in total. The second-order valence-corrected chi connectivity index (χ2v) is 6.08. The van der Waals surface area contributed by atoms with Gasteiger partial charge in [-0.05, 0) is 30.4 Å². The van der Waals surface area contributed by atoms with Crippen LogP contribution in [-0.4, -0.2) is 43.5 Å². The van der Waals surface area contributed by atoms with Crippen LogP contribution < -0.4 is 0 Å². The van der Waals surface area contributed by atoms with Crippen LogP contribution in [-0.2, 0) is 6.54 Å². The summed E-state index contributed by atoms with van der Waals surface area (Å²) >= 11 is 0. The van der Waals surface area contributed by atoms with Crippen LogP contribution in [0.25, 0.3) is 6.08 Å². The molecule has 0 fully saturated rings. The lowest BCUT2D eigenvalue weighted by atomic mass is 10.3. The third-order valence-corrected chi connectivity index (χ3v) is 4.14. The number of nitrogens with one attached hydrogen (secondary N) is 1. The van der Waals surface area contributed by atoms with Gasteiger partial charge in [-0.15, -0.1) is 0 Å². The van der Waals surface area contributed by atoms with Crippen molar-refractivity contribution in [1.29, 1.82) is 0 Å². The van der Waals surface area contributed by atoms with Gasteiger partial charge in [0.2, 0.25) is 13.3 Å². The van der Waals surface area contributed by atoms with Gasteiger partial charge in [0, 0.05) is 36.2 Å². The van der Waals surface area contributed by atoms with Crippen LogP contribution in [0.2, 0.25) is 0 Å². The van der Waals surface area contributed by atoms with Gasteiger partial charge in [-0.2, -0.15) is 0 Å². The van der Waals surface area contributed by atoms with E-state index in [4.69, 9.17) is 0 Å². The maximum absolute atomic E-state index is 4.68. The molecule has 0 saturated heterocycles. The second-order valence-electron chi connectivity index (χ2n) is 6.08. The van der Waals surface area contributed by atoms with Crippen LogP contribution in [0.3, 0.4) is 0 Å². The molecular formula is C18H16N6. The molecule has 0 saturated carbocycles. The summed E-state index contributed by atoms with van der Waals surface area (Å²) in [6.45, 7) is 8.81. The number of H-pyrrole nitrogens is 1. The van der Waals surface area contributed by atoms with Crippen LogP contribution in [0.1, 0.15) is 11.4 Å². The van der Waals surface area contributed by atoms with Crippen molar-refractivity contribution >= 4 is 11.8 Å². The standard InChI is InChI=1S/C18H16N6/c1-3-17-10-21-5-7-23(12-21)14-24-8-6-22(13-24)11-18-4-2-16(20-18)9-15(1)19-17/h1-9,19H,10-11,14H2/b16-9-. The van der Waals surface area contributed by atoms with Crippen LogP contribution >= 0.6 is 0 Å². The van der Waals surface area contributed by atoms with E-state index in [0.717, 1.165) is 29.3 Å². The van der Waals surface area contributed by atoms with E-state index < -0.39 is 0 Å². The highest BCUT2D eigenvalue weighted by Crippen LogP contribution is 2.21. The molecule has 0 aromatic carbocycles. The Labute approximate surface area is 141 Å². The molecule has 4 aliphatic rings. The fourth-order valence-corrected chi connectivity index (χ4v) is 3.03. The number of nitrogens with zero attached hydrogens (tertiary/aromatic N) is 5. The molecule has 0 spiro atoms. The van der Waals surface area contributed by atoms with Crippen molar-refractivity contribution in [2.24, 2.45) is 4.99 Å². The molecule has 0 atom stereocenters. The fraction of sp³-hybridized carbons (Fsp3) is 0.167. The molecule has 6 heteroatoms. The average molecular weight is 316 g/mol. The van der Waals surface area contributed by atoms with E-state index in [1.165, 1.54) is 0 Å². The predicted octanol–water partition coefficient (Wildman–Crippen LogP) is 2.01. The monoisotopic (exact) mass is 316 g/mol. The van der Waals surface area contributed by atoms with Gasteiger partial charge < -0.3 is 24.6 Å². The fourth-order valence-electron chi connectivity index (χ4n) is 3.03. The van der Waals surface area contributed by atoms with Crippen molar-refractivity contribution in [3.63, 3.8) is 0 Å². The van der Waals surface area contributed by atoms with E-state index in [1.54, 1.807) is 0 Å². The minimum atomic E-state index is 0.684. The van der Waals surface area contributed by atoms with Gasteiger partial charge in [-0.25, -0.2) is 0 Å². The number of aromatic nitrogens is 1. The zero-order chi connectivity index (χ0) is 15.9. The molecule has 0 aliphatic carbocycles. The van der Waals surface area contributed by atoms with Crippen LogP contribution in [0.5, 0.6) is 0 Å². The Kier molecular flexibility index (Phi) is 3.01. The number of rotatable bonds is 0. The van der Waals surface area contributed by atoms with Gasteiger partial charge >= 0.3 is 0 Å². The summed E-state index contributed by atoms with van der Waals surface area (Å²) in [5.41, 5.74) is 4.21. The summed E-state index contributed by atoms with van der Waals surface area (Å²) in [7, 11) is 0. The van der Waals surface area contributed by atoms with Crippen LogP contribution in [0.4, 0.5) is 0 Å². The maximum atomic E-state index is 4.68. The third-order valence-electron chi connectivity index (χ3n) is 4.14. The van der Waals surface area contributed by atoms with E-state index in [-0.39, 0.29) is 0 Å². The Bertz CT molecular complexity index is 796. The third kappa shape index (κ3) is 2.60. The quantitative estimate of drug-likeness (QED) is 0.795. The van der Waals surface area contributed by atoms with Gasteiger partial charge in [-0.1, -0.05) is 0 Å². The summed E-state index contributed by atoms with van der Waals surface area (Å²) < 4.78 is 0. The number of hydrogen-bond donors (Lipinski definition) is 1. The van der Waals surface area contributed by atoms with Gasteiger partial charge in [0.15, 0.2) is 0 Å². The zero-order valence-electron chi connectivity index (χ0n) is 13.1. The van der Waals surface area contributed by atoms with Gasteiger partial charge in [0.25, 0.3) is 0 Å². The van der Waals surface area contributed by atoms with Crippen LogP contribution in [0.15, 0.2) is 59.8 Å². The SMILES string of the molecule is [C]1N2C=CN1CN1[C]N(C=C1)Cc1ccc([nH]1)/C=C1/C=CC(=N1)C2. The van der Waals surface area contributed by atoms with E-state index in [9.17, 15) is 0 Å². The summed E-state index contributed by atoms with van der Waals surface area (Å²) in [5, 5.41) is 0. The van der Waals surface area contributed by atoms with Crippen molar-refractivity contribution in [1.82, 2.24) is 24.6 Å². The lowest BCUT2D eigenvalue weighted by Crippen LogP contribution is -2.31. The smallest absolute Gasteiger partial charge is 0.209 e. The molecule has 1 aromatic heterocycles. The van der Waals surface area contributed by atoms with E-state index in [2.05, 4.69) is 47.6 Å². The Balaban J connectivity index is 1.45. The van der Waals surface area contributed by atoms with Gasteiger partial charge in [0.1, 0.15) is 0 Å². The first-order chi connectivity index (χ1) is 11.8. The molecule has 24 heavy (non-hydrogen) atoms. The second kappa shape index (κ2) is 5.33. The highest BCUT2D eigenvalue weighted by atomic mass is 15.4. The molecule has 4 aliphatic heterocycles. The number of hydrogen-bond acceptors (Lipinski definition) is 5. The van der Waals surface area contributed by atoms with Crippen LogP contribution in [0, 0.1) is 13.3 Å². The maximum Gasteiger partial charge on any atom is 0.209 e. The molecule has 1 N–H and O–H groups in total. The molecule has 8 bridgehead atoms. The predicted molar refractivity (Wildman–Crippen MR) is 90.9 cm³/mol. The largest absolute Gasteiger partial charge is 0.357 e. The summed E-state index contributed by atoms with van der Waals surface area (Å²) in [5.74, 6) is 0. The Morgan fingerprint density at radius 2 is 1.62 bits per heavy atom. The number of allylic oxidation sites excluding steroid dienone is 1. The summed E-state index contributed by atoms with van der Waals surface area (Å²) in [6, 6.07) is 4.19. The minimum Gasteiger partial charge on any atom is -0.357 e. The van der Waals surface area contributed by atoms with Crippen molar-refractivity contribution < 1.29 is 0 Å². The number of fused-ring (bicyclic) bond motifs is 7. The van der Waals surface area contributed by atoms with Gasteiger partial charge in [-0.3, -0.25) is 4.99 Å². The van der Waals surface area contributed by atoms with Crippen molar-refractivity contribution in [3.8, 4) is 0 Å². The van der Waals surface area contributed by atoms with Crippen molar-refractivity contribution in [2.45, 2.75) is 6.54 Å². The molecule has 1 aromatic rings. The highest BCUT2D eigenvalue weighted by Gasteiger charge is 2.22. The number of aromatic amines is 1. The first-order valence-electron chi connectivity index (χ1n) is 7.91. The Morgan fingerprint density at radius 3 is 2.46 bits per heavy atom. The average Bonchev–Trinajstić information content (AvgIpc) is 3.32. The van der Waals surface area contributed by atoms with E-state index in [1.807, 2.05) is 50.5 Å². The molecule has 4 radical (unpaired) electrons. The molecule has 118 valence electrons. The van der Waals surface area contributed by atoms with Crippen molar-refractivity contribution in [2.75, 3.05) is 13.2 Å². The lowest BCUT2D eigenvalue weighted by molar-refractivity contribution is 0.239. The topological polar surface area (TPSA) is 41.1 Å². The van der Waals surface area contributed by atoms with E-state index in [0.29, 0.717) is 13.2 Å². The lowest BCUT2D eigenvalue weighted by Gasteiger charge is -2.24. The Morgan fingerprint density at radius 1 is 0.875 bits per heavy atom. The molecule has 0 amide bonds. The first kappa shape index (κ1) is 13.5. The van der Waals surface area contributed by atoms with Gasteiger partial charge in [0.05, 0.1) is 31.2 Å². The molecule has 5 rings (SSSR count). The summed E-state index contributed by atoms with van der Waals surface area (Å²) in [6.07, 6.45) is 14.3. The number of aliphatic imine (C=N–C) groups is 1. The molecule has 0 unspecified atom stereocenters. The first-order valence-corrected chi connectivity index (χ1v) is 7.91. The van der Waals surface area contributed by atoms with E-state index >= 15 is 0 Å².